The number of aromatic nitrogens is 1. The van der Waals surface area contributed by atoms with Crippen molar-refractivity contribution in [2.45, 2.75) is 162 Å². The van der Waals surface area contributed by atoms with Gasteiger partial charge in [0.15, 0.2) is 0 Å². The maximum atomic E-state index is 5.87. The second-order valence-electron chi connectivity index (χ2n) is 23.2. The van der Waals surface area contributed by atoms with Crippen molar-refractivity contribution in [2.24, 2.45) is 0 Å². The van der Waals surface area contributed by atoms with Crippen LogP contribution in [0.3, 0.4) is 0 Å². The fourth-order valence-electron chi connectivity index (χ4n) is 10.7. The van der Waals surface area contributed by atoms with Gasteiger partial charge in [-0.3, -0.25) is 4.90 Å². The topological polar surface area (TPSA) is 19.4 Å². The summed E-state index contributed by atoms with van der Waals surface area (Å²) in [7, 11) is 0. The van der Waals surface area contributed by atoms with Gasteiger partial charge in [0.05, 0.1) is 5.69 Å². The largest absolute Gasteiger partial charge is 0.311 e. The quantitative estimate of drug-likeness (QED) is 0.163. The van der Waals surface area contributed by atoms with Crippen molar-refractivity contribution < 1.29 is 0 Å². The molecular formula is C54H66BN3. The minimum Gasteiger partial charge on any atom is -0.311 e. The molecule has 0 bridgehead atoms. The zero-order chi connectivity index (χ0) is 41.7. The first-order valence-electron chi connectivity index (χ1n) is 22.1. The van der Waals surface area contributed by atoms with E-state index in [1.165, 1.54) is 104 Å². The van der Waals surface area contributed by atoms with Crippen LogP contribution < -0.4 is 26.2 Å². The van der Waals surface area contributed by atoms with Crippen LogP contribution in [0.1, 0.15) is 162 Å². The highest BCUT2D eigenvalue weighted by atomic mass is 15.2. The average Bonchev–Trinajstić information content (AvgIpc) is 3.14. The fraction of sp³-hybridized carbons (Fsp3) is 0.463. The lowest BCUT2D eigenvalue weighted by Crippen LogP contribution is -2.62. The third-order valence-corrected chi connectivity index (χ3v) is 14.9. The molecule has 4 heteroatoms. The molecule has 0 spiro atoms. The molecule has 0 unspecified atom stereocenters. The van der Waals surface area contributed by atoms with Crippen molar-refractivity contribution in [3.8, 4) is 0 Å². The minimum atomic E-state index is -0.175. The molecule has 0 fully saturated rings. The summed E-state index contributed by atoms with van der Waals surface area (Å²) in [6.07, 6.45) is 4.73. The summed E-state index contributed by atoms with van der Waals surface area (Å²) in [5, 5.41) is 0. The summed E-state index contributed by atoms with van der Waals surface area (Å²) >= 11 is 0. The highest BCUT2D eigenvalue weighted by molar-refractivity contribution is 7.00. The Morgan fingerprint density at radius 2 is 1.03 bits per heavy atom. The van der Waals surface area contributed by atoms with Crippen LogP contribution in [-0.2, 0) is 32.5 Å². The molecule has 0 amide bonds. The van der Waals surface area contributed by atoms with Gasteiger partial charge in [-0.25, -0.2) is 4.98 Å². The second kappa shape index (κ2) is 12.4. The van der Waals surface area contributed by atoms with Crippen molar-refractivity contribution in [1.82, 2.24) is 4.98 Å². The van der Waals surface area contributed by atoms with Crippen LogP contribution in [0.2, 0.25) is 0 Å². The number of hydrogen-bond acceptors (Lipinski definition) is 3. The molecule has 0 saturated carbocycles. The molecule has 2 aliphatic heterocycles. The van der Waals surface area contributed by atoms with Crippen LogP contribution in [0.5, 0.6) is 0 Å². The molecule has 300 valence electrons. The molecule has 0 saturated heterocycles. The second-order valence-corrected chi connectivity index (χ2v) is 23.2. The Balaban J connectivity index is 1.45. The number of hydrogen-bond donors (Lipinski definition) is 0. The van der Waals surface area contributed by atoms with E-state index < -0.39 is 0 Å². The number of pyridine rings is 1. The SMILES string of the molecule is Cc1ccc(N2c3ccc(C(C)(C)C)cc3B3c4cc5c(cc4N(c4ccc6c(c4)C(C)(C)CCC6(C)C)c4nc(C(C)(C)C)cc2c43)C(C)(C)CCC5(C)C)cc1. The number of nitrogens with zero attached hydrogens (tertiary/aromatic N) is 3. The highest BCUT2D eigenvalue weighted by Crippen LogP contribution is 2.52. The van der Waals surface area contributed by atoms with E-state index in [-0.39, 0.29) is 39.2 Å². The van der Waals surface area contributed by atoms with Crippen molar-refractivity contribution in [3.05, 3.63) is 118 Å². The monoisotopic (exact) mass is 768 g/mol. The van der Waals surface area contributed by atoms with Crippen LogP contribution in [0.4, 0.5) is 34.3 Å². The van der Waals surface area contributed by atoms with Gasteiger partial charge in [-0.2, -0.15) is 0 Å². The smallest absolute Gasteiger partial charge is 0.254 e. The molecular weight excluding hydrogens is 701 g/mol. The number of fused-ring (bicyclic) bond motifs is 6. The first-order valence-corrected chi connectivity index (χ1v) is 22.1. The Labute approximate surface area is 350 Å². The van der Waals surface area contributed by atoms with Crippen LogP contribution in [0.15, 0.2) is 78.9 Å². The minimum absolute atomic E-state index is 0.00369. The normalized spacial score (nSPS) is 19.5. The van der Waals surface area contributed by atoms with Gasteiger partial charge in [0.2, 0.25) is 0 Å². The van der Waals surface area contributed by atoms with Gasteiger partial charge < -0.3 is 4.90 Å². The average molecular weight is 768 g/mol. The number of anilines is 6. The van der Waals surface area contributed by atoms with E-state index in [9.17, 15) is 0 Å². The number of rotatable bonds is 2. The van der Waals surface area contributed by atoms with Crippen molar-refractivity contribution >= 4 is 57.4 Å². The zero-order valence-corrected chi connectivity index (χ0v) is 38.3. The summed E-state index contributed by atoms with van der Waals surface area (Å²) < 4.78 is 0. The van der Waals surface area contributed by atoms with Crippen LogP contribution in [0, 0.1) is 6.92 Å². The van der Waals surface area contributed by atoms with Gasteiger partial charge >= 0.3 is 0 Å². The molecule has 3 heterocycles. The summed E-state index contributed by atoms with van der Waals surface area (Å²) in [6, 6.07) is 31.6. The molecule has 0 N–H and O–H groups in total. The molecule has 0 radical (unpaired) electrons. The lowest BCUT2D eigenvalue weighted by Gasteiger charge is -2.48. The van der Waals surface area contributed by atoms with Gasteiger partial charge in [-0.05, 0) is 146 Å². The van der Waals surface area contributed by atoms with E-state index >= 15 is 0 Å². The standard InChI is InChI=1S/C54H66BN3/c1-33-16-19-35(20-17-33)57-43-23-18-34(49(2,3)4)28-41(43)55-42-30-39-40(54(14,15)27-26-53(39,12)13)31-44(42)58(48-47(55)45(57)32-46(56-48)50(5,6)7)36-21-22-37-38(29-36)52(10,11)25-24-51(37,8)9/h16-23,28-32H,24-27H2,1-15H3. The summed E-state index contributed by atoms with van der Waals surface area (Å²) in [5.41, 5.74) is 20.1. The number of aryl methyl sites for hydroxylation is 1. The van der Waals surface area contributed by atoms with E-state index in [1.807, 2.05) is 0 Å². The summed E-state index contributed by atoms with van der Waals surface area (Å²) in [4.78, 5) is 11.0. The molecule has 9 rings (SSSR count). The fourth-order valence-corrected chi connectivity index (χ4v) is 10.7. The first-order chi connectivity index (χ1) is 26.9. The maximum Gasteiger partial charge on any atom is 0.254 e. The molecule has 4 aromatic carbocycles. The Hall–Kier alpha value is -4.31. The van der Waals surface area contributed by atoms with Crippen molar-refractivity contribution in [2.75, 3.05) is 9.80 Å². The Kier molecular flexibility index (Phi) is 8.35. The molecule has 1 aromatic heterocycles. The van der Waals surface area contributed by atoms with Gasteiger partial charge in [-0.1, -0.05) is 139 Å². The molecule has 58 heavy (non-hydrogen) atoms. The molecule has 5 aromatic rings. The molecule has 3 nitrogen and oxygen atoms in total. The first kappa shape index (κ1) is 39.2. The Morgan fingerprint density at radius 3 is 1.62 bits per heavy atom. The predicted molar refractivity (Wildman–Crippen MR) is 251 cm³/mol. The predicted octanol–water partition coefficient (Wildman–Crippen LogP) is 12.8. The van der Waals surface area contributed by atoms with E-state index in [4.69, 9.17) is 4.98 Å². The van der Waals surface area contributed by atoms with Crippen LogP contribution in [-0.4, -0.2) is 11.7 Å². The lowest BCUT2D eigenvalue weighted by molar-refractivity contribution is 0.332. The molecule has 0 atom stereocenters. The van der Waals surface area contributed by atoms with E-state index in [0.717, 1.165) is 11.5 Å². The van der Waals surface area contributed by atoms with Crippen molar-refractivity contribution in [1.29, 1.82) is 0 Å². The van der Waals surface area contributed by atoms with Crippen LogP contribution >= 0.6 is 0 Å². The highest BCUT2D eigenvalue weighted by Gasteiger charge is 2.48. The third-order valence-electron chi connectivity index (χ3n) is 14.9. The Bertz CT molecular complexity index is 2500. The van der Waals surface area contributed by atoms with E-state index in [0.29, 0.717) is 0 Å². The van der Waals surface area contributed by atoms with Gasteiger partial charge in [0, 0.05) is 33.9 Å². The third kappa shape index (κ3) is 5.93. The van der Waals surface area contributed by atoms with E-state index in [1.54, 1.807) is 0 Å². The zero-order valence-electron chi connectivity index (χ0n) is 38.3. The maximum absolute atomic E-state index is 5.87. The summed E-state index contributed by atoms with van der Waals surface area (Å²) in [5.74, 6) is 1.07. The molecule has 4 aliphatic rings. The molecule has 2 aliphatic carbocycles. The lowest BCUT2D eigenvalue weighted by atomic mass is 9.33. The van der Waals surface area contributed by atoms with Gasteiger partial charge in [-0.15, -0.1) is 0 Å². The van der Waals surface area contributed by atoms with E-state index in [2.05, 4.69) is 193 Å². The number of benzene rings is 4. The van der Waals surface area contributed by atoms with Gasteiger partial charge in [0.25, 0.3) is 6.71 Å². The van der Waals surface area contributed by atoms with Gasteiger partial charge in [0.1, 0.15) is 5.82 Å². The van der Waals surface area contributed by atoms with Crippen LogP contribution in [0.25, 0.3) is 0 Å². The Morgan fingerprint density at radius 1 is 0.500 bits per heavy atom. The van der Waals surface area contributed by atoms with Crippen molar-refractivity contribution in [3.63, 3.8) is 0 Å². The summed E-state index contributed by atoms with van der Waals surface area (Å²) in [6.45, 7) is 35.9.